The van der Waals surface area contributed by atoms with Crippen molar-refractivity contribution in [1.29, 1.82) is 0 Å². The number of nitrogens with zero attached hydrogens (tertiary/aromatic N) is 4. The van der Waals surface area contributed by atoms with Crippen LogP contribution in [0.1, 0.15) is 16.2 Å². The molecular weight excluding hydrogens is 242 g/mol. The Morgan fingerprint density at radius 2 is 2.24 bits per heavy atom. The number of hydrogen-bond acceptors (Lipinski definition) is 4. The van der Waals surface area contributed by atoms with Crippen LogP contribution in [-0.4, -0.2) is 26.1 Å². The first-order valence-corrected chi connectivity index (χ1v) is 5.30. The lowest BCUT2D eigenvalue weighted by Crippen LogP contribution is -2.24. The van der Waals surface area contributed by atoms with Crippen LogP contribution in [0.4, 0.5) is 0 Å². The molecule has 88 valence electrons. The fraction of sp³-hybridized carbons (Fsp3) is 0.200. The minimum absolute atomic E-state index is 0.251. The molecule has 0 bridgehead atoms. The first-order chi connectivity index (χ1) is 8.18. The molecule has 0 aliphatic rings. The van der Waals surface area contributed by atoms with Crippen molar-refractivity contribution in [1.82, 2.24) is 25.5 Å². The Morgan fingerprint density at radius 1 is 1.47 bits per heavy atom. The molecule has 0 saturated heterocycles. The van der Waals surface area contributed by atoms with Crippen molar-refractivity contribution in [2.24, 2.45) is 7.05 Å². The molecule has 1 aromatic carbocycles. The Morgan fingerprint density at radius 3 is 2.88 bits per heavy atom. The Labute approximate surface area is 103 Å². The van der Waals surface area contributed by atoms with Crippen molar-refractivity contribution in [3.8, 4) is 0 Å². The summed E-state index contributed by atoms with van der Waals surface area (Å²) in [4.78, 5) is 11.8. The predicted molar refractivity (Wildman–Crippen MR) is 61.4 cm³/mol. The Kier molecular flexibility index (Phi) is 3.34. The zero-order valence-corrected chi connectivity index (χ0v) is 9.85. The van der Waals surface area contributed by atoms with E-state index in [-0.39, 0.29) is 12.5 Å². The quantitative estimate of drug-likeness (QED) is 0.876. The van der Waals surface area contributed by atoms with Gasteiger partial charge < -0.3 is 5.32 Å². The van der Waals surface area contributed by atoms with Crippen LogP contribution in [0.3, 0.4) is 0 Å². The summed E-state index contributed by atoms with van der Waals surface area (Å²) in [6.07, 6.45) is 0. The molecule has 2 rings (SSSR count). The van der Waals surface area contributed by atoms with Crippen molar-refractivity contribution in [3.63, 3.8) is 0 Å². The van der Waals surface area contributed by atoms with Crippen LogP contribution in [0.2, 0.25) is 5.02 Å². The summed E-state index contributed by atoms with van der Waals surface area (Å²) in [5.41, 5.74) is 0.435. The van der Waals surface area contributed by atoms with E-state index in [0.717, 1.165) is 0 Å². The third-order valence-electron chi connectivity index (χ3n) is 2.23. The molecular formula is C10H10ClN5O. The highest BCUT2D eigenvalue weighted by Gasteiger charge is 2.10. The lowest BCUT2D eigenvalue weighted by molar-refractivity contribution is 0.0949. The van der Waals surface area contributed by atoms with E-state index in [2.05, 4.69) is 20.8 Å². The maximum Gasteiger partial charge on any atom is 0.253 e. The molecule has 0 saturated carbocycles. The lowest BCUT2D eigenvalue weighted by Gasteiger charge is -2.05. The second-order valence-corrected chi connectivity index (χ2v) is 3.79. The molecule has 1 amide bonds. The number of aromatic nitrogens is 4. The molecule has 0 aliphatic carbocycles. The van der Waals surface area contributed by atoms with Crippen molar-refractivity contribution in [2.75, 3.05) is 0 Å². The molecule has 1 aromatic heterocycles. The molecule has 0 atom stereocenters. The van der Waals surface area contributed by atoms with Gasteiger partial charge in [-0.05, 0) is 22.6 Å². The van der Waals surface area contributed by atoms with Gasteiger partial charge in [-0.15, -0.1) is 5.10 Å². The van der Waals surface area contributed by atoms with Gasteiger partial charge in [0.2, 0.25) is 0 Å². The van der Waals surface area contributed by atoms with E-state index in [4.69, 9.17) is 11.6 Å². The van der Waals surface area contributed by atoms with Gasteiger partial charge >= 0.3 is 0 Å². The smallest absolute Gasteiger partial charge is 0.253 e. The fourth-order valence-corrected chi connectivity index (χ4v) is 1.52. The second-order valence-electron chi connectivity index (χ2n) is 3.38. The molecule has 6 nitrogen and oxygen atoms in total. The number of carbonyl (C=O) groups is 1. The van der Waals surface area contributed by atoms with Crippen molar-refractivity contribution in [3.05, 3.63) is 40.7 Å². The first-order valence-electron chi connectivity index (χ1n) is 4.92. The number of nitrogens with one attached hydrogen (secondary N) is 1. The monoisotopic (exact) mass is 251 g/mol. The van der Waals surface area contributed by atoms with Gasteiger partial charge in [0, 0.05) is 7.05 Å². The van der Waals surface area contributed by atoms with Gasteiger partial charge in [-0.25, -0.2) is 4.68 Å². The van der Waals surface area contributed by atoms with Crippen molar-refractivity contribution >= 4 is 17.5 Å². The molecule has 0 unspecified atom stereocenters. The van der Waals surface area contributed by atoms with E-state index in [1.165, 1.54) is 4.68 Å². The maximum absolute atomic E-state index is 11.8. The van der Waals surface area contributed by atoms with E-state index in [1.54, 1.807) is 31.3 Å². The average molecular weight is 252 g/mol. The topological polar surface area (TPSA) is 72.7 Å². The third kappa shape index (κ3) is 2.59. The molecule has 0 fully saturated rings. The summed E-state index contributed by atoms with van der Waals surface area (Å²) in [7, 11) is 1.71. The maximum atomic E-state index is 11.8. The Balaban J connectivity index is 2.04. The molecule has 7 heteroatoms. The van der Waals surface area contributed by atoms with Gasteiger partial charge in [-0.3, -0.25) is 4.79 Å². The normalized spacial score (nSPS) is 10.2. The van der Waals surface area contributed by atoms with Crippen LogP contribution >= 0.6 is 11.6 Å². The van der Waals surface area contributed by atoms with Crippen LogP contribution < -0.4 is 5.32 Å². The predicted octanol–water partition coefficient (Wildman–Crippen LogP) is 0.793. The number of carbonyl (C=O) groups excluding carboxylic acids is 1. The zero-order valence-electron chi connectivity index (χ0n) is 9.09. The van der Waals surface area contributed by atoms with Crippen LogP contribution in [0.15, 0.2) is 24.3 Å². The number of aryl methyl sites for hydroxylation is 1. The minimum atomic E-state index is -0.251. The average Bonchev–Trinajstić information content (AvgIpc) is 2.72. The van der Waals surface area contributed by atoms with Crippen LogP contribution in [0.5, 0.6) is 0 Å². The van der Waals surface area contributed by atoms with Gasteiger partial charge in [0.25, 0.3) is 5.91 Å². The summed E-state index contributed by atoms with van der Waals surface area (Å²) in [6, 6.07) is 6.85. The molecule has 1 heterocycles. The first kappa shape index (κ1) is 11.5. The van der Waals surface area contributed by atoms with Gasteiger partial charge in [0.15, 0.2) is 5.82 Å². The molecule has 0 spiro atoms. The summed E-state index contributed by atoms with van der Waals surface area (Å²) < 4.78 is 1.49. The van der Waals surface area contributed by atoms with Gasteiger partial charge in [-0.1, -0.05) is 23.7 Å². The van der Waals surface area contributed by atoms with Crippen LogP contribution in [0, 0.1) is 0 Å². The molecule has 1 N–H and O–H groups in total. The number of amides is 1. The third-order valence-corrected chi connectivity index (χ3v) is 2.56. The van der Waals surface area contributed by atoms with Crippen molar-refractivity contribution < 1.29 is 4.79 Å². The summed E-state index contributed by atoms with van der Waals surface area (Å²) >= 11 is 5.90. The SMILES string of the molecule is Cn1nnnc1CNC(=O)c1ccccc1Cl. The minimum Gasteiger partial charge on any atom is -0.345 e. The van der Waals surface area contributed by atoms with E-state index >= 15 is 0 Å². The molecule has 2 aromatic rings. The number of rotatable bonds is 3. The Bertz CT molecular complexity index is 539. The highest BCUT2D eigenvalue weighted by molar-refractivity contribution is 6.33. The number of tetrazole rings is 1. The van der Waals surface area contributed by atoms with E-state index in [9.17, 15) is 4.79 Å². The fourth-order valence-electron chi connectivity index (χ4n) is 1.30. The zero-order chi connectivity index (χ0) is 12.3. The summed E-state index contributed by atoms with van der Waals surface area (Å²) in [5.74, 6) is 0.323. The number of benzene rings is 1. The number of hydrogen-bond donors (Lipinski definition) is 1. The van der Waals surface area contributed by atoms with E-state index in [1.807, 2.05) is 0 Å². The molecule has 0 radical (unpaired) electrons. The second kappa shape index (κ2) is 4.92. The largest absolute Gasteiger partial charge is 0.345 e. The van der Waals surface area contributed by atoms with E-state index in [0.29, 0.717) is 16.4 Å². The van der Waals surface area contributed by atoms with Crippen LogP contribution in [0.25, 0.3) is 0 Å². The van der Waals surface area contributed by atoms with Gasteiger partial charge in [0.1, 0.15) is 0 Å². The van der Waals surface area contributed by atoms with Gasteiger partial charge in [0.05, 0.1) is 17.1 Å². The van der Waals surface area contributed by atoms with Crippen molar-refractivity contribution in [2.45, 2.75) is 6.54 Å². The summed E-state index contributed by atoms with van der Waals surface area (Å²) in [6.45, 7) is 0.257. The van der Waals surface area contributed by atoms with E-state index < -0.39 is 0 Å². The lowest BCUT2D eigenvalue weighted by atomic mass is 10.2. The Hall–Kier alpha value is -1.95. The van der Waals surface area contributed by atoms with Crippen LogP contribution in [-0.2, 0) is 13.6 Å². The number of halogens is 1. The molecule has 17 heavy (non-hydrogen) atoms. The summed E-state index contributed by atoms with van der Waals surface area (Å²) in [5, 5.41) is 14.0. The van der Waals surface area contributed by atoms with Gasteiger partial charge in [-0.2, -0.15) is 0 Å². The molecule has 0 aliphatic heterocycles. The highest BCUT2D eigenvalue weighted by Crippen LogP contribution is 2.14. The highest BCUT2D eigenvalue weighted by atomic mass is 35.5. The standard InChI is InChI=1S/C10H10ClN5O/c1-16-9(13-14-15-16)6-12-10(17)7-4-2-3-5-8(7)11/h2-5H,6H2,1H3,(H,12,17).